The largest absolute Gasteiger partial charge is 0.349 e. The molecule has 4 aliphatic carbocycles. The molecule has 4 saturated carbocycles. The number of nitrogens with zero attached hydrogens (tertiary/aromatic N) is 1. The fourth-order valence-electron chi connectivity index (χ4n) is 12.0. The van der Waals surface area contributed by atoms with Crippen molar-refractivity contribution in [2.24, 2.45) is 52.3 Å². The van der Waals surface area contributed by atoms with Crippen LogP contribution in [0.3, 0.4) is 0 Å². The molecule has 12 atom stereocenters. The lowest BCUT2D eigenvalue weighted by Crippen LogP contribution is -2.56. The SMILES string of the molecule is CC1CC[C@@]2(OC1)O[C@H]1C[C@H]3C4CCC5C[C@H](N6C(=O)c7ccccc7C6=O)CCC5(C)[C@H]4CCC3(C)[C@H]1[C@@H]2C. The van der Waals surface area contributed by atoms with Crippen LogP contribution in [0.25, 0.3) is 0 Å². The maximum atomic E-state index is 13.3. The van der Waals surface area contributed by atoms with Crippen molar-refractivity contribution in [3.05, 3.63) is 35.4 Å². The molecule has 5 nitrogen and oxygen atoms in total. The molecule has 2 saturated heterocycles. The minimum atomic E-state index is -0.335. The Balaban J connectivity index is 1.00. The minimum absolute atomic E-state index is 0.0466. The molecule has 5 heteroatoms. The molecule has 40 heavy (non-hydrogen) atoms. The van der Waals surface area contributed by atoms with Crippen LogP contribution in [0, 0.1) is 52.3 Å². The molecule has 5 unspecified atom stereocenters. The first-order valence-electron chi connectivity index (χ1n) is 16.4. The Hall–Kier alpha value is -1.72. The highest BCUT2D eigenvalue weighted by molar-refractivity contribution is 6.21. The Kier molecular flexibility index (Phi) is 5.62. The molecular weight excluding hydrogens is 498 g/mol. The summed E-state index contributed by atoms with van der Waals surface area (Å²) in [6.07, 6.45) is 12.1. The van der Waals surface area contributed by atoms with Gasteiger partial charge in [0.2, 0.25) is 0 Å². The summed E-state index contributed by atoms with van der Waals surface area (Å²) in [5.41, 5.74) is 1.85. The Morgan fingerprint density at radius 2 is 1.55 bits per heavy atom. The zero-order valence-corrected chi connectivity index (χ0v) is 24.9. The molecule has 8 rings (SSSR count). The monoisotopic (exact) mass is 545 g/mol. The average molecular weight is 546 g/mol. The van der Waals surface area contributed by atoms with Crippen molar-refractivity contribution in [2.45, 2.75) is 110 Å². The van der Waals surface area contributed by atoms with Gasteiger partial charge in [0, 0.05) is 18.4 Å². The molecule has 0 bridgehead atoms. The second-order valence-electron chi connectivity index (χ2n) is 15.6. The van der Waals surface area contributed by atoms with Crippen LogP contribution in [0.4, 0.5) is 0 Å². The summed E-state index contributed by atoms with van der Waals surface area (Å²) in [7, 11) is 0. The van der Waals surface area contributed by atoms with Crippen LogP contribution in [0.2, 0.25) is 0 Å². The van der Waals surface area contributed by atoms with Gasteiger partial charge in [0.15, 0.2) is 5.79 Å². The third-order valence-corrected chi connectivity index (χ3v) is 14.1. The molecule has 216 valence electrons. The fourth-order valence-corrected chi connectivity index (χ4v) is 12.0. The first-order chi connectivity index (χ1) is 19.2. The second kappa shape index (κ2) is 8.66. The predicted molar refractivity (Wildman–Crippen MR) is 152 cm³/mol. The number of rotatable bonds is 1. The van der Waals surface area contributed by atoms with Crippen LogP contribution in [0.5, 0.6) is 0 Å². The summed E-state index contributed by atoms with van der Waals surface area (Å²) in [5, 5.41) is 0. The van der Waals surface area contributed by atoms with E-state index >= 15 is 0 Å². The Morgan fingerprint density at radius 1 is 0.825 bits per heavy atom. The molecule has 3 heterocycles. The smallest absolute Gasteiger partial charge is 0.261 e. The normalized spacial score (nSPS) is 51.3. The van der Waals surface area contributed by atoms with Crippen LogP contribution >= 0.6 is 0 Å². The van der Waals surface area contributed by atoms with Gasteiger partial charge < -0.3 is 9.47 Å². The van der Waals surface area contributed by atoms with Crippen LogP contribution in [-0.2, 0) is 9.47 Å². The summed E-state index contributed by atoms with van der Waals surface area (Å²) in [6.45, 7) is 10.8. The van der Waals surface area contributed by atoms with Gasteiger partial charge >= 0.3 is 0 Å². The molecule has 1 spiro atoms. The molecule has 1 aromatic carbocycles. The van der Waals surface area contributed by atoms with Crippen molar-refractivity contribution in [2.75, 3.05) is 6.61 Å². The maximum Gasteiger partial charge on any atom is 0.261 e. The zero-order chi connectivity index (χ0) is 27.6. The Morgan fingerprint density at radius 3 is 2.25 bits per heavy atom. The number of imide groups is 1. The van der Waals surface area contributed by atoms with Gasteiger partial charge in [-0.05, 0) is 116 Å². The number of fused-ring (bicyclic) bond motifs is 8. The van der Waals surface area contributed by atoms with E-state index in [0.29, 0.717) is 51.7 Å². The molecule has 7 aliphatic rings. The lowest BCUT2D eigenvalue weighted by atomic mass is 9.44. The number of hydrogen-bond acceptors (Lipinski definition) is 4. The van der Waals surface area contributed by atoms with E-state index < -0.39 is 0 Å². The van der Waals surface area contributed by atoms with Gasteiger partial charge in [-0.1, -0.05) is 39.8 Å². The number of amides is 2. The van der Waals surface area contributed by atoms with Crippen LogP contribution in [-0.4, -0.2) is 41.3 Å². The summed E-state index contributed by atoms with van der Waals surface area (Å²) >= 11 is 0. The number of ether oxygens (including phenoxy) is 2. The number of carbonyl (C=O) groups excluding carboxylic acids is 2. The van der Waals surface area contributed by atoms with Gasteiger partial charge in [0.1, 0.15) is 0 Å². The minimum Gasteiger partial charge on any atom is -0.349 e. The highest BCUT2D eigenvalue weighted by Crippen LogP contribution is 2.71. The molecule has 1 aromatic rings. The lowest BCUT2D eigenvalue weighted by Gasteiger charge is -2.61. The summed E-state index contributed by atoms with van der Waals surface area (Å²) in [5.74, 6) is 4.12. The standard InChI is InChI=1S/C35H47NO4/c1-20-11-16-35(39-19-20)21(2)30-29(40-35)18-28-26-10-9-22-17-23(12-14-33(22,3)27(26)13-15-34(28,30)4)36-31(37)24-7-5-6-8-25(24)32(36)38/h5-8,20-23,26-30H,9-19H2,1-4H3/t20?,21-,22?,23+,26?,27-,28-,29-,30-,33?,34?,35+/m0/s1. The average Bonchev–Trinajstić information content (AvgIpc) is 3.50. The summed E-state index contributed by atoms with van der Waals surface area (Å²) < 4.78 is 13.5. The molecule has 3 aliphatic heterocycles. The summed E-state index contributed by atoms with van der Waals surface area (Å²) in [4.78, 5) is 28.2. The molecule has 2 amide bonds. The van der Waals surface area contributed by atoms with Gasteiger partial charge in [0.05, 0.1) is 23.8 Å². The molecular formula is C35H47NO4. The first kappa shape index (κ1) is 25.9. The van der Waals surface area contributed by atoms with Crippen molar-refractivity contribution in [1.29, 1.82) is 0 Å². The molecule has 0 N–H and O–H groups in total. The van der Waals surface area contributed by atoms with Crippen molar-refractivity contribution < 1.29 is 19.1 Å². The number of benzene rings is 1. The van der Waals surface area contributed by atoms with E-state index in [0.717, 1.165) is 50.0 Å². The van der Waals surface area contributed by atoms with Crippen molar-refractivity contribution >= 4 is 11.8 Å². The molecule has 6 fully saturated rings. The van der Waals surface area contributed by atoms with E-state index in [2.05, 4.69) is 27.7 Å². The van der Waals surface area contributed by atoms with Gasteiger partial charge in [-0.25, -0.2) is 0 Å². The molecule has 0 radical (unpaired) electrons. The first-order valence-corrected chi connectivity index (χ1v) is 16.4. The van der Waals surface area contributed by atoms with Crippen molar-refractivity contribution in [3.8, 4) is 0 Å². The third kappa shape index (κ3) is 3.28. The summed E-state index contributed by atoms with van der Waals surface area (Å²) in [6, 6.07) is 7.42. The van der Waals surface area contributed by atoms with Crippen LogP contribution < -0.4 is 0 Å². The highest BCUT2D eigenvalue weighted by atomic mass is 16.7. The zero-order valence-electron chi connectivity index (χ0n) is 24.9. The van der Waals surface area contributed by atoms with Gasteiger partial charge in [-0.2, -0.15) is 0 Å². The molecule has 0 aromatic heterocycles. The van der Waals surface area contributed by atoms with Crippen LogP contribution in [0.15, 0.2) is 24.3 Å². The van der Waals surface area contributed by atoms with Crippen molar-refractivity contribution in [3.63, 3.8) is 0 Å². The van der Waals surface area contributed by atoms with E-state index in [1.807, 2.05) is 24.3 Å². The lowest BCUT2D eigenvalue weighted by molar-refractivity contribution is -0.273. The van der Waals surface area contributed by atoms with E-state index in [-0.39, 0.29) is 23.6 Å². The Bertz CT molecular complexity index is 1200. The fraction of sp³-hybridized carbons (Fsp3) is 0.771. The third-order valence-electron chi connectivity index (χ3n) is 14.1. The van der Waals surface area contributed by atoms with Gasteiger partial charge in [0.25, 0.3) is 11.8 Å². The van der Waals surface area contributed by atoms with E-state index in [9.17, 15) is 9.59 Å². The van der Waals surface area contributed by atoms with Gasteiger partial charge in [-0.3, -0.25) is 14.5 Å². The topological polar surface area (TPSA) is 55.8 Å². The van der Waals surface area contributed by atoms with Gasteiger partial charge in [-0.15, -0.1) is 0 Å². The quantitative estimate of drug-likeness (QED) is 0.353. The van der Waals surface area contributed by atoms with E-state index in [1.165, 1.54) is 38.5 Å². The van der Waals surface area contributed by atoms with Crippen molar-refractivity contribution in [1.82, 2.24) is 4.90 Å². The second-order valence-corrected chi connectivity index (χ2v) is 15.6. The predicted octanol–water partition coefficient (Wildman–Crippen LogP) is 7.10. The maximum absolute atomic E-state index is 13.3. The Labute approximate surface area is 239 Å². The van der Waals surface area contributed by atoms with E-state index in [1.54, 1.807) is 4.90 Å². The van der Waals surface area contributed by atoms with E-state index in [4.69, 9.17) is 9.47 Å². The number of hydrogen-bond donors (Lipinski definition) is 0. The number of carbonyl (C=O) groups is 2. The van der Waals surface area contributed by atoms with Crippen LogP contribution in [0.1, 0.15) is 113 Å². The highest BCUT2D eigenvalue weighted by Gasteiger charge is 2.69.